The maximum absolute atomic E-state index is 11.3. The number of esters is 1. The number of ether oxygens (including phenoxy) is 1. The molecule has 0 aromatic carbocycles. The van der Waals surface area contributed by atoms with Crippen LogP contribution in [0.1, 0.15) is 25.3 Å². The van der Waals surface area contributed by atoms with Gasteiger partial charge in [-0.05, 0) is 18.6 Å². The van der Waals surface area contributed by atoms with Crippen LogP contribution in [0.25, 0.3) is 0 Å². The van der Waals surface area contributed by atoms with Crippen LogP contribution in [-0.4, -0.2) is 46.8 Å². The fourth-order valence-electron chi connectivity index (χ4n) is 1.97. The van der Waals surface area contributed by atoms with Gasteiger partial charge in [0.1, 0.15) is 0 Å². The molecule has 0 aliphatic carbocycles. The molecular formula is C15H21N3O3. The Morgan fingerprint density at radius 1 is 1.62 bits per heavy atom. The van der Waals surface area contributed by atoms with Gasteiger partial charge in [0, 0.05) is 38.4 Å². The second-order valence-corrected chi connectivity index (χ2v) is 4.67. The number of carbonyl (C=O) groups is 1. The largest absolute Gasteiger partial charge is 0.466 e. The number of hydrogen-bond donors (Lipinski definition) is 1. The summed E-state index contributed by atoms with van der Waals surface area (Å²) < 4.78 is 4.81. The van der Waals surface area contributed by atoms with Crippen molar-refractivity contribution in [2.45, 2.75) is 32.4 Å². The molecule has 1 atom stereocenters. The third-order valence-electron chi connectivity index (χ3n) is 2.85. The van der Waals surface area contributed by atoms with Crippen LogP contribution in [0.5, 0.6) is 0 Å². The molecule has 21 heavy (non-hydrogen) atoms. The Morgan fingerprint density at radius 3 is 3.05 bits per heavy atom. The van der Waals surface area contributed by atoms with Crippen molar-refractivity contribution in [2.75, 3.05) is 19.7 Å². The van der Waals surface area contributed by atoms with E-state index in [-0.39, 0.29) is 6.42 Å². The number of aromatic nitrogens is 1. The van der Waals surface area contributed by atoms with E-state index in [0.29, 0.717) is 32.7 Å². The maximum atomic E-state index is 11.3. The molecule has 0 spiro atoms. The van der Waals surface area contributed by atoms with Gasteiger partial charge in [0.2, 0.25) is 0 Å². The molecule has 1 N–H and O–H groups in total. The van der Waals surface area contributed by atoms with Crippen LogP contribution in [0.15, 0.2) is 24.5 Å². The van der Waals surface area contributed by atoms with E-state index in [1.807, 2.05) is 17.0 Å². The predicted octanol–water partition coefficient (Wildman–Crippen LogP) is 1.11. The Labute approximate surface area is 125 Å². The van der Waals surface area contributed by atoms with Crippen molar-refractivity contribution in [2.24, 2.45) is 0 Å². The van der Waals surface area contributed by atoms with Gasteiger partial charge in [0.25, 0.3) is 0 Å². The lowest BCUT2D eigenvalue weighted by molar-refractivity contribution is -0.145. The van der Waals surface area contributed by atoms with E-state index in [4.69, 9.17) is 10.00 Å². The monoisotopic (exact) mass is 291 g/mol. The van der Waals surface area contributed by atoms with Crippen LogP contribution in [0.4, 0.5) is 0 Å². The summed E-state index contributed by atoms with van der Waals surface area (Å²) in [6.07, 6.45) is 2.96. The summed E-state index contributed by atoms with van der Waals surface area (Å²) in [6, 6.07) is 5.86. The molecule has 114 valence electrons. The van der Waals surface area contributed by atoms with Gasteiger partial charge in [-0.15, -0.1) is 0 Å². The van der Waals surface area contributed by atoms with Crippen LogP contribution in [0.3, 0.4) is 0 Å². The first-order chi connectivity index (χ1) is 10.2. The van der Waals surface area contributed by atoms with Crippen molar-refractivity contribution in [1.82, 2.24) is 9.88 Å². The zero-order valence-electron chi connectivity index (χ0n) is 12.2. The molecule has 0 saturated heterocycles. The van der Waals surface area contributed by atoms with Gasteiger partial charge in [-0.25, -0.2) is 0 Å². The second kappa shape index (κ2) is 9.86. The Hall–Kier alpha value is -1.97. The van der Waals surface area contributed by atoms with Gasteiger partial charge in [-0.3, -0.25) is 14.7 Å². The highest BCUT2D eigenvalue weighted by Gasteiger charge is 2.16. The molecule has 1 unspecified atom stereocenters. The summed E-state index contributed by atoms with van der Waals surface area (Å²) in [4.78, 5) is 17.3. The van der Waals surface area contributed by atoms with Crippen molar-refractivity contribution < 1.29 is 14.6 Å². The Bertz CT molecular complexity index is 459. The molecule has 1 heterocycles. The van der Waals surface area contributed by atoms with E-state index in [9.17, 15) is 9.90 Å². The van der Waals surface area contributed by atoms with Crippen molar-refractivity contribution in [3.8, 4) is 6.07 Å². The first-order valence-electron chi connectivity index (χ1n) is 6.97. The van der Waals surface area contributed by atoms with Crippen molar-refractivity contribution >= 4 is 5.97 Å². The van der Waals surface area contributed by atoms with Gasteiger partial charge in [-0.2, -0.15) is 5.26 Å². The number of aliphatic hydroxyl groups is 1. The minimum atomic E-state index is -0.806. The molecular weight excluding hydrogens is 270 g/mol. The van der Waals surface area contributed by atoms with Gasteiger partial charge in [0.05, 0.1) is 25.2 Å². The number of rotatable bonds is 9. The number of pyridine rings is 1. The fraction of sp³-hybridized carbons (Fsp3) is 0.533. The van der Waals surface area contributed by atoms with Gasteiger partial charge >= 0.3 is 5.97 Å². The number of hydrogen-bond acceptors (Lipinski definition) is 6. The zero-order valence-corrected chi connectivity index (χ0v) is 12.2. The molecule has 6 nitrogen and oxygen atoms in total. The second-order valence-electron chi connectivity index (χ2n) is 4.67. The third kappa shape index (κ3) is 7.40. The summed E-state index contributed by atoms with van der Waals surface area (Å²) in [6.45, 7) is 3.46. The Balaban J connectivity index is 2.53. The highest BCUT2D eigenvalue weighted by atomic mass is 16.5. The molecule has 0 fully saturated rings. The minimum absolute atomic E-state index is 0.0378. The molecule has 1 rings (SSSR count). The summed E-state index contributed by atoms with van der Waals surface area (Å²) in [5.74, 6) is -0.411. The van der Waals surface area contributed by atoms with E-state index >= 15 is 0 Å². The van der Waals surface area contributed by atoms with Crippen molar-refractivity contribution in [1.29, 1.82) is 5.26 Å². The summed E-state index contributed by atoms with van der Waals surface area (Å²) in [5, 5.41) is 18.7. The van der Waals surface area contributed by atoms with Crippen LogP contribution < -0.4 is 0 Å². The minimum Gasteiger partial charge on any atom is -0.466 e. The zero-order chi connectivity index (χ0) is 15.5. The topological polar surface area (TPSA) is 86.5 Å². The van der Waals surface area contributed by atoms with Crippen molar-refractivity contribution in [3.05, 3.63) is 30.1 Å². The first-order valence-corrected chi connectivity index (χ1v) is 6.97. The molecule has 0 amide bonds. The van der Waals surface area contributed by atoms with E-state index in [1.54, 1.807) is 19.3 Å². The standard InChI is InChI=1S/C15H21N3O3/c1-2-21-15(20)9-14(19)12-18(8-4-6-16)11-13-5-3-7-17-10-13/h3,5,7,10,14,19H,2,4,8-9,11-12H2,1H3. The lowest BCUT2D eigenvalue weighted by Crippen LogP contribution is -2.34. The SMILES string of the molecule is CCOC(=O)CC(O)CN(CCC#N)Cc1cccnc1. The van der Waals surface area contributed by atoms with Gasteiger partial charge in [-0.1, -0.05) is 6.07 Å². The Kier molecular flexibility index (Phi) is 8.02. The lowest BCUT2D eigenvalue weighted by atomic mass is 10.2. The number of carbonyl (C=O) groups excluding carboxylic acids is 1. The highest BCUT2D eigenvalue weighted by molar-refractivity contribution is 5.69. The predicted molar refractivity (Wildman–Crippen MR) is 77.0 cm³/mol. The van der Waals surface area contributed by atoms with E-state index < -0.39 is 12.1 Å². The van der Waals surface area contributed by atoms with E-state index in [1.165, 1.54) is 0 Å². The fourth-order valence-corrected chi connectivity index (χ4v) is 1.97. The molecule has 0 aliphatic heterocycles. The highest BCUT2D eigenvalue weighted by Crippen LogP contribution is 2.06. The molecule has 0 bridgehead atoms. The van der Waals surface area contributed by atoms with Crippen LogP contribution in [0, 0.1) is 11.3 Å². The number of nitriles is 1. The molecule has 0 saturated carbocycles. The number of nitrogens with zero attached hydrogens (tertiary/aromatic N) is 3. The first kappa shape index (κ1) is 17.1. The summed E-state index contributed by atoms with van der Waals surface area (Å²) in [7, 11) is 0. The number of aliphatic hydroxyl groups excluding tert-OH is 1. The normalized spacial score (nSPS) is 11.9. The molecule has 6 heteroatoms. The van der Waals surface area contributed by atoms with Crippen LogP contribution in [0.2, 0.25) is 0 Å². The maximum Gasteiger partial charge on any atom is 0.308 e. The summed E-state index contributed by atoms with van der Waals surface area (Å²) in [5.41, 5.74) is 0.999. The quantitative estimate of drug-likeness (QED) is 0.686. The average molecular weight is 291 g/mol. The average Bonchev–Trinajstić information content (AvgIpc) is 2.46. The summed E-state index contributed by atoms with van der Waals surface area (Å²) >= 11 is 0. The van der Waals surface area contributed by atoms with Gasteiger partial charge < -0.3 is 9.84 Å². The molecule has 1 aromatic heterocycles. The molecule has 0 radical (unpaired) electrons. The molecule has 0 aliphatic rings. The molecule has 1 aromatic rings. The van der Waals surface area contributed by atoms with Gasteiger partial charge in [0.15, 0.2) is 0 Å². The van der Waals surface area contributed by atoms with Crippen LogP contribution >= 0.6 is 0 Å². The lowest BCUT2D eigenvalue weighted by Gasteiger charge is -2.23. The Morgan fingerprint density at radius 2 is 2.43 bits per heavy atom. The smallest absolute Gasteiger partial charge is 0.308 e. The third-order valence-corrected chi connectivity index (χ3v) is 2.85. The van der Waals surface area contributed by atoms with E-state index in [0.717, 1.165) is 5.56 Å². The van der Waals surface area contributed by atoms with Crippen molar-refractivity contribution in [3.63, 3.8) is 0 Å². The van der Waals surface area contributed by atoms with E-state index in [2.05, 4.69) is 11.1 Å². The van der Waals surface area contributed by atoms with Crippen LogP contribution in [-0.2, 0) is 16.1 Å².